The van der Waals surface area contributed by atoms with E-state index in [0.29, 0.717) is 29.7 Å². The van der Waals surface area contributed by atoms with E-state index < -0.39 is 17.3 Å². The maximum Gasteiger partial charge on any atom is 0.226 e. The lowest BCUT2D eigenvalue weighted by atomic mass is 9.70. The average molecular weight is 517 g/mol. The monoisotopic (exact) mass is 516 g/mol. The zero-order valence-electron chi connectivity index (χ0n) is 22.4. The van der Waals surface area contributed by atoms with Crippen LogP contribution in [0.25, 0.3) is 0 Å². The van der Waals surface area contributed by atoms with Gasteiger partial charge in [0.1, 0.15) is 5.75 Å². The van der Waals surface area contributed by atoms with Crippen LogP contribution in [0.5, 0.6) is 17.5 Å². The van der Waals surface area contributed by atoms with Gasteiger partial charge >= 0.3 is 0 Å². The third-order valence-electron chi connectivity index (χ3n) is 8.86. The quantitative estimate of drug-likeness (QED) is 0.465. The van der Waals surface area contributed by atoms with Crippen LogP contribution in [-0.4, -0.2) is 60.6 Å². The molecule has 3 aromatic rings. The van der Waals surface area contributed by atoms with Gasteiger partial charge in [-0.2, -0.15) is 4.98 Å². The number of ether oxygens (including phenoxy) is 3. The Morgan fingerprint density at radius 1 is 1.03 bits per heavy atom. The van der Waals surface area contributed by atoms with Crippen molar-refractivity contribution < 1.29 is 24.4 Å². The third-order valence-corrected chi connectivity index (χ3v) is 8.86. The lowest BCUT2D eigenvalue weighted by Crippen LogP contribution is -2.52. The normalized spacial score (nSPS) is 29.6. The van der Waals surface area contributed by atoms with Crippen molar-refractivity contribution in [1.29, 1.82) is 0 Å². The summed E-state index contributed by atoms with van der Waals surface area (Å²) in [6, 6.07) is 20.2. The van der Waals surface area contributed by atoms with E-state index in [1.807, 2.05) is 25.2 Å². The molecule has 2 aromatic carbocycles. The van der Waals surface area contributed by atoms with Crippen molar-refractivity contribution in [2.45, 2.75) is 48.9 Å². The van der Waals surface area contributed by atoms with Crippen molar-refractivity contribution in [2.24, 2.45) is 5.92 Å². The maximum absolute atomic E-state index is 13.0. The molecule has 2 fully saturated rings. The Kier molecular flexibility index (Phi) is 6.13. The summed E-state index contributed by atoms with van der Waals surface area (Å²) in [7, 11) is 5.07. The highest BCUT2D eigenvalue weighted by atomic mass is 16.5. The van der Waals surface area contributed by atoms with Crippen LogP contribution in [0.3, 0.4) is 0 Å². The van der Waals surface area contributed by atoms with Crippen LogP contribution in [0.15, 0.2) is 60.7 Å². The van der Waals surface area contributed by atoms with E-state index >= 15 is 0 Å². The van der Waals surface area contributed by atoms with E-state index in [1.165, 1.54) is 32.6 Å². The van der Waals surface area contributed by atoms with E-state index in [1.54, 1.807) is 6.07 Å². The number of methoxy groups -OCH3 is 2. The summed E-state index contributed by atoms with van der Waals surface area (Å²) >= 11 is 0. The first kappa shape index (κ1) is 25.2. The van der Waals surface area contributed by atoms with E-state index in [4.69, 9.17) is 14.2 Å². The molecule has 2 saturated carbocycles. The van der Waals surface area contributed by atoms with Gasteiger partial charge in [0.2, 0.25) is 11.8 Å². The van der Waals surface area contributed by atoms with Crippen LogP contribution in [0, 0.1) is 5.92 Å². The summed E-state index contributed by atoms with van der Waals surface area (Å²) in [5, 5.41) is 25.2. The van der Waals surface area contributed by atoms with E-state index in [2.05, 4.69) is 53.2 Å². The lowest BCUT2D eigenvalue weighted by Gasteiger charge is -2.41. The second-order valence-electron chi connectivity index (χ2n) is 10.9. The van der Waals surface area contributed by atoms with E-state index in [9.17, 15) is 10.2 Å². The number of nitrogens with zero attached hydrogens (tertiary/aromatic N) is 2. The van der Waals surface area contributed by atoms with Crippen LogP contribution < -0.4 is 14.2 Å². The molecule has 0 radical (unpaired) electrons. The first-order chi connectivity index (χ1) is 18.4. The molecule has 6 rings (SSSR count). The van der Waals surface area contributed by atoms with Crippen molar-refractivity contribution >= 4 is 0 Å². The Morgan fingerprint density at radius 3 is 2.34 bits per heavy atom. The molecular formula is C31H36N2O5. The van der Waals surface area contributed by atoms with Gasteiger partial charge in [-0.25, -0.2) is 0 Å². The standard InChI is InChI=1S/C31H36N2O5/c1-5-33(2)18-23-26(21-9-7-6-8-10-21)31(22-15-13-20(14-16-22)19-11-12-19)30(35,28(23)34)27-24(38-31)17-25(36-3)32-29(27)37-4/h6-10,13-17,19,23,26,28,34-35H,5,11-12,18H2,1-4H3/t23-,26-,28-,30+,31+/m1/s1. The third kappa shape index (κ3) is 3.49. The smallest absolute Gasteiger partial charge is 0.226 e. The molecule has 0 bridgehead atoms. The van der Waals surface area contributed by atoms with Gasteiger partial charge in [0.25, 0.3) is 0 Å². The summed E-state index contributed by atoms with van der Waals surface area (Å²) < 4.78 is 18.1. The molecule has 7 nitrogen and oxygen atoms in total. The average Bonchev–Trinajstić information content (AvgIpc) is 3.74. The Balaban J connectivity index is 1.64. The molecule has 7 heteroatoms. The lowest BCUT2D eigenvalue weighted by molar-refractivity contribution is -0.152. The molecule has 2 heterocycles. The van der Waals surface area contributed by atoms with Gasteiger partial charge in [0.15, 0.2) is 11.2 Å². The zero-order chi connectivity index (χ0) is 26.7. The minimum Gasteiger partial charge on any atom is -0.481 e. The van der Waals surface area contributed by atoms with Gasteiger partial charge in [-0.3, -0.25) is 0 Å². The predicted molar refractivity (Wildman–Crippen MR) is 144 cm³/mol. The van der Waals surface area contributed by atoms with Crippen LogP contribution in [0.1, 0.15) is 53.9 Å². The molecule has 1 aliphatic heterocycles. The van der Waals surface area contributed by atoms with Crippen molar-refractivity contribution in [3.8, 4) is 17.5 Å². The number of aliphatic hydroxyl groups excluding tert-OH is 1. The van der Waals surface area contributed by atoms with Gasteiger partial charge < -0.3 is 29.3 Å². The summed E-state index contributed by atoms with van der Waals surface area (Å²) in [5.74, 6) is 0.804. The first-order valence-corrected chi connectivity index (χ1v) is 13.5. The number of hydrogen-bond donors (Lipinski definition) is 2. The van der Waals surface area contributed by atoms with Crippen LogP contribution in [0.4, 0.5) is 0 Å². The highest BCUT2D eigenvalue weighted by molar-refractivity contribution is 5.60. The largest absolute Gasteiger partial charge is 0.481 e. The fourth-order valence-electron chi connectivity index (χ4n) is 6.77. The molecule has 38 heavy (non-hydrogen) atoms. The Hall–Kier alpha value is -3.13. The summed E-state index contributed by atoms with van der Waals surface area (Å²) in [6.07, 6.45) is 1.25. The zero-order valence-corrected chi connectivity index (χ0v) is 22.4. The molecule has 0 saturated heterocycles. The Bertz CT molecular complexity index is 1310. The highest BCUT2D eigenvalue weighted by Crippen LogP contribution is 2.70. The molecule has 0 amide bonds. The van der Waals surface area contributed by atoms with Crippen LogP contribution in [-0.2, 0) is 11.2 Å². The highest BCUT2D eigenvalue weighted by Gasteiger charge is 2.77. The van der Waals surface area contributed by atoms with Crippen LogP contribution in [0.2, 0.25) is 0 Å². The molecule has 2 aliphatic carbocycles. The maximum atomic E-state index is 13.0. The summed E-state index contributed by atoms with van der Waals surface area (Å²) in [4.78, 5) is 6.65. The number of aromatic nitrogens is 1. The minimum absolute atomic E-state index is 0.189. The number of rotatable bonds is 8. The SMILES string of the molecule is CCN(C)C[C@H]1[C@@H](O)[C@@]2(O)c3c(cc(OC)nc3OC)O[C@@]2(c2ccc(C3CC3)cc2)[C@@H]1c1ccccc1. The first-order valence-electron chi connectivity index (χ1n) is 13.5. The predicted octanol–water partition coefficient (Wildman–Crippen LogP) is 4.18. The molecule has 200 valence electrons. The van der Waals surface area contributed by atoms with Crippen molar-refractivity contribution in [3.63, 3.8) is 0 Å². The summed E-state index contributed by atoms with van der Waals surface area (Å²) in [6.45, 7) is 3.48. The topological polar surface area (TPSA) is 84.3 Å². The molecular weight excluding hydrogens is 480 g/mol. The number of pyridine rings is 1. The minimum atomic E-state index is -1.83. The fourth-order valence-corrected chi connectivity index (χ4v) is 6.77. The second kappa shape index (κ2) is 9.26. The number of aliphatic hydroxyl groups is 2. The van der Waals surface area contributed by atoms with Crippen molar-refractivity contribution in [2.75, 3.05) is 34.4 Å². The van der Waals surface area contributed by atoms with Gasteiger partial charge in [0, 0.05) is 24.4 Å². The Morgan fingerprint density at radius 2 is 1.74 bits per heavy atom. The molecule has 0 unspecified atom stereocenters. The second-order valence-corrected chi connectivity index (χ2v) is 10.9. The number of hydrogen-bond acceptors (Lipinski definition) is 7. The molecule has 0 spiro atoms. The number of fused-ring (bicyclic) bond motifs is 3. The molecule has 1 aromatic heterocycles. The van der Waals surface area contributed by atoms with E-state index in [0.717, 1.165) is 17.7 Å². The van der Waals surface area contributed by atoms with E-state index in [-0.39, 0.29) is 17.7 Å². The van der Waals surface area contributed by atoms with Gasteiger partial charge in [-0.05, 0) is 49.0 Å². The molecule has 5 atom stereocenters. The molecule has 2 N–H and O–H groups in total. The van der Waals surface area contributed by atoms with Gasteiger partial charge in [-0.15, -0.1) is 0 Å². The van der Waals surface area contributed by atoms with Crippen molar-refractivity contribution in [1.82, 2.24) is 9.88 Å². The Labute approximate surface area is 224 Å². The van der Waals surface area contributed by atoms with Crippen LogP contribution >= 0.6 is 0 Å². The molecule has 3 aliphatic rings. The number of benzene rings is 2. The van der Waals surface area contributed by atoms with Gasteiger partial charge in [-0.1, -0.05) is 61.5 Å². The van der Waals surface area contributed by atoms with Gasteiger partial charge in [0.05, 0.1) is 25.9 Å². The van der Waals surface area contributed by atoms with Crippen molar-refractivity contribution in [3.05, 3.63) is 82.9 Å². The summed E-state index contributed by atoms with van der Waals surface area (Å²) in [5.41, 5.74) is 0.322. The fraction of sp³-hybridized carbons (Fsp3) is 0.452.